The van der Waals surface area contributed by atoms with Crippen LogP contribution in [0.3, 0.4) is 0 Å². The Labute approximate surface area is 84.4 Å². The molecule has 0 atom stereocenters. The van der Waals surface area contributed by atoms with Crippen LogP contribution < -0.4 is 9.47 Å². The van der Waals surface area contributed by atoms with Gasteiger partial charge in [0.2, 0.25) is 5.06 Å². The lowest BCUT2D eigenvalue weighted by Crippen LogP contribution is -2.13. The summed E-state index contributed by atoms with van der Waals surface area (Å²) in [5, 5.41) is 9.16. The highest BCUT2D eigenvalue weighted by atomic mass is 32.1. The SMILES string of the molecule is O=C(O)C=Cc1cc2c(s1)OCCO2. The average molecular weight is 212 g/mol. The van der Waals surface area contributed by atoms with Gasteiger partial charge < -0.3 is 14.6 Å². The van der Waals surface area contributed by atoms with E-state index in [9.17, 15) is 4.79 Å². The summed E-state index contributed by atoms with van der Waals surface area (Å²) in [4.78, 5) is 11.1. The first-order chi connectivity index (χ1) is 6.75. The molecule has 2 heterocycles. The summed E-state index contributed by atoms with van der Waals surface area (Å²) in [5.74, 6) is -0.260. The smallest absolute Gasteiger partial charge is 0.328 e. The number of hydrogen-bond acceptors (Lipinski definition) is 4. The molecule has 4 nitrogen and oxygen atoms in total. The average Bonchev–Trinajstić information content (AvgIpc) is 2.57. The number of aliphatic carboxylic acids is 1. The van der Waals surface area contributed by atoms with Gasteiger partial charge in [-0.3, -0.25) is 0 Å². The van der Waals surface area contributed by atoms with E-state index < -0.39 is 5.97 Å². The molecule has 14 heavy (non-hydrogen) atoms. The monoisotopic (exact) mass is 212 g/mol. The summed E-state index contributed by atoms with van der Waals surface area (Å²) < 4.78 is 10.6. The fourth-order valence-corrected chi connectivity index (χ4v) is 1.97. The van der Waals surface area contributed by atoms with Crippen molar-refractivity contribution in [1.82, 2.24) is 0 Å². The van der Waals surface area contributed by atoms with Crippen LogP contribution in [0.1, 0.15) is 4.88 Å². The van der Waals surface area contributed by atoms with Crippen LogP contribution in [0.25, 0.3) is 6.08 Å². The van der Waals surface area contributed by atoms with Gasteiger partial charge in [0.15, 0.2) is 5.75 Å². The molecule has 0 saturated carbocycles. The van der Waals surface area contributed by atoms with Crippen molar-refractivity contribution in [2.24, 2.45) is 0 Å². The largest absolute Gasteiger partial charge is 0.485 e. The third-order valence-electron chi connectivity index (χ3n) is 1.65. The maximum atomic E-state index is 10.3. The molecular formula is C9H8O4S. The first-order valence-corrected chi connectivity index (χ1v) is 4.88. The summed E-state index contributed by atoms with van der Waals surface area (Å²) in [6.07, 6.45) is 2.62. The van der Waals surface area contributed by atoms with E-state index in [2.05, 4.69) is 0 Å². The molecule has 0 fully saturated rings. The Morgan fingerprint density at radius 2 is 2.29 bits per heavy atom. The van der Waals surface area contributed by atoms with Gasteiger partial charge in [0.1, 0.15) is 13.2 Å². The lowest BCUT2D eigenvalue weighted by molar-refractivity contribution is -0.131. The van der Waals surface area contributed by atoms with Crippen LogP contribution in [0.2, 0.25) is 0 Å². The Bertz CT molecular complexity index is 357. The molecule has 0 radical (unpaired) electrons. The quantitative estimate of drug-likeness (QED) is 0.757. The van der Waals surface area contributed by atoms with E-state index in [-0.39, 0.29) is 0 Å². The van der Waals surface area contributed by atoms with Crippen molar-refractivity contribution >= 4 is 23.4 Å². The zero-order chi connectivity index (χ0) is 9.97. The molecule has 0 bridgehead atoms. The molecule has 1 aromatic heterocycles. The highest BCUT2D eigenvalue weighted by Crippen LogP contribution is 2.39. The summed E-state index contributed by atoms with van der Waals surface area (Å²) in [7, 11) is 0. The summed E-state index contributed by atoms with van der Waals surface area (Å²) in [6, 6.07) is 1.78. The molecule has 0 unspecified atom stereocenters. The van der Waals surface area contributed by atoms with E-state index in [1.165, 1.54) is 17.4 Å². The van der Waals surface area contributed by atoms with Crippen molar-refractivity contribution in [3.8, 4) is 10.8 Å². The second kappa shape index (κ2) is 3.71. The van der Waals surface area contributed by atoms with Crippen molar-refractivity contribution in [3.05, 3.63) is 17.0 Å². The summed E-state index contributed by atoms with van der Waals surface area (Å²) >= 11 is 1.38. The molecule has 0 saturated heterocycles. The van der Waals surface area contributed by atoms with Crippen LogP contribution in [0.4, 0.5) is 0 Å². The van der Waals surface area contributed by atoms with Gasteiger partial charge in [-0.15, -0.1) is 0 Å². The fraction of sp³-hybridized carbons (Fsp3) is 0.222. The number of carboxylic acid groups (broad SMARTS) is 1. The van der Waals surface area contributed by atoms with Gasteiger partial charge in [0.25, 0.3) is 0 Å². The van der Waals surface area contributed by atoms with Crippen LogP contribution in [0, 0.1) is 0 Å². The minimum atomic E-state index is -0.960. The van der Waals surface area contributed by atoms with E-state index in [1.54, 1.807) is 6.07 Å². The topological polar surface area (TPSA) is 55.8 Å². The first kappa shape index (κ1) is 9.08. The third-order valence-corrected chi connectivity index (χ3v) is 2.64. The van der Waals surface area contributed by atoms with Crippen molar-refractivity contribution in [1.29, 1.82) is 0 Å². The van der Waals surface area contributed by atoms with Gasteiger partial charge in [-0.25, -0.2) is 4.79 Å². The molecule has 0 aliphatic carbocycles. The predicted octanol–water partition coefficient (Wildman–Crippen LogP) is 1.62. The predicted molar refractivity (Wildman–Crippen MR) is 52.0 cm³/mol. The van der Waals surface area contributed by atoms with Crippen molar-refractivity contribution in [2.45, 2.75) is 0 Å². The Morgan fingerprint density at radius 1 is 1.50 bits per heavy atom. The first-order valence-electron chi connectivity index (χ1n) is 4.06. The van der Waals surface area contributed by atoms with Gasteiger partial charge in [-0.2, -0.15) is 0 Å². The molecule has 0 amide bonds. The van der Waals surface area contributed by atoms with E-state index >= 15 is 0 Å². The minimum Gasteiger partial charge on any atom is -0.485 e. The highest BCUT2D eigenvalue weighted by molar-refractivity contribution is 7.15. The zero-order valence-electron chi connectivity index (χ0n) is 7.23. The van der Waals surface area contributed by atoms with Gasteiger partial charge in [-0.1, -0.05) is 11.3 Å². The molecule has 0 spiro atoms. The molecule has 1 aliphatic rings. The van der Waals surface area contributed by atoms with Gasteiger partial charge >= 0.3 is 5.97 Å². The molecule has 1 aliphatic heterocycles. The Balaban J connectivity index is 2.20. The van der Waals surface area contributed by atoms with Crippen molar-refractivity contribution in [3.63, 3.8) is 0 Å². The molecule has 74 valence electrons. The fourth-order valence-electron chi connectivity index (χ4n) is 1.10. The van der Waals surface area contributed by atoms with E-state index in [0.29, 0.717) is 19.0 Å². The van der Waals surface area contributed by atoms with E-state index in [0.717, 1.165) is 16.0 Å². The van der Waals surface area contributed by atoms with Crippen LogP contribution >= 0.6 is 11.3 Å². The van der Waals surface area contributed by atoms with E-state index in [1.807, 2.05) is 0 Å². The molecular weight excluding hydrogens is 204 g/mol. The molecule has 2 rings (SSSR count). The molecule has 0 aromatic carbocycles. The van der Waals surface area contributed by atoms with Crippen molar-refractivity contribution in [2.75, 3.05) is 13.2 Å². The molecule has 1 N–H and O–H groups in total. The lowest BCUT2D eigenvalue weighted by Gasteiger charge is -2.13. The Kier molecular flexibility index (Phi) is 2.41. The maximum Gasteiger partial charge on any atom is 0.328 e. The van der Waals surface area contributed by atoms with Gasteiger partial charge in [0.05, 0.1) is 0 Å². The normalized spacial score (nSPS) is 14.6. The van der Waals surface area contributed by atoms with Crippen LogP contribution in [0.15, 0.2) is 12.1 Å². The minimum absolute atomic E-state index is 0.547. The highest BCUT2D eigenvalue weighted by Gasteiger charge is 2.14. The van der Waals surface area contributed by atoms with Crippen molar-refractivity contribution < 1.29 is 19.4 Å². The zero-order valence-corrected chi connectivity index (χ0v) is 8.04. The van der Waals surface area contributed by atoms with Crippen LogP contribution in [0.5, 0.6) is 10.8 Å². The van der Waals surface area contributed by atoms with E-state index in [4.69, 9.17) is 14.6 Å². The standard InChI is InChI=1S/C9H8O4S/c10-8(11)2-1-6-5-7-9(14-6)13-4-3-12-7/h1-2,5H,3-4H2,(H,10,11). The number of hydrogen-bond donors (Lipinski definition) is 1. The summed E-state index contributed by atoms with van der Waals surface area (Å²) in [5.41, 5.74) is 0. The third kappa shape index (κ3) is 1.88. The number of ether oxygens (including phenoxy) is 2. The second-order valence-electron chi connectivity index (χ2n) is 2.67. The number of fused-ring (bicyclic) bond motifs is 1. The Hall–Kier alpha value is -1.49. The summed E-state index contributed by atoms with van der Waals surface area (Å²) in [6.45, 7) is 1.10. The molecule has 5 heteroatoms. The number of thiophene rings is 1. The lowest BCUT2D eigenvalue weighted by atomic mass is 10.4. The molecule has 1 aromatic rings. The number of rotatable bonds is 2. The second-order valence-corrected chi connectivity index (χ2v) is 3.72. The number of carbonyl (C=O) groups is 1. The Morgan fingerprint density at radius 3 is 3.00 bits per heavy atom. The van der Waals surface area contributed by atoms with Crippen LogP contribution in [-0.2, 0) is 4.79 Å². The number of carboxylic acids is 1. The van der Waals surface area contributed by atoms with Gasteiger partial charge in [0, 0.05) is 17.0 Å². The maximum absolute atomic E-state index is 10.3. The van der Waals surface area contributed by atoms with Gasteiger partial charge in [-0.05, 0) is 6.08 Å². The van der Waals surface area contributed by atoms with Crippen LogP contribution in [-0.4, -0.2) is 24.3 Å².